The van der Waals surface area contributed by atoms with Crippen molar-refractivity contribution in [1.29, 1.82) is 0 Å². The summed E-state index contributed by atoms with van der Waals surface area (Å²) >= 11 is 0. The molecule has 0 aromatic heterocycles. The molecule has 0 radical (unpaired) electrons. The number of hydrogen-bond acceptors (Lipinski definition) is 3. The Morgan fingerprint density at radius 3 is 1.83 bits per heavy atom. The van der Waals surface area contributed by atoms with Crippen LogP contribution >= 0.6 is 0 Å². The van der Waals surface area contributed by atoms with Gasteiger partial charge in [0, 0.05) is 25.3 Å². The van der Waals surface area contributed by atoms with Crippen molar-refractivity contribution in [3.63, 3.8) is 0 Å². The monoisotopic (exact) mass is 454 g/mol. The molecule has 12 heteroatoms. The lowest BCUT2D eigenvalue weighted by molar-refractivity contribution is -0.143. The van der Waals surface area contributed by atoms with Gasteiger partial charge in [0.05, 0.1) is 16.0 Å². The number of alkyl halides is 6. The van der Waals surface area contributed by atoms with Gasteiger partial charge in [0.15, 0.2) is 0 Å². The van der Waals surface area contributed by atoms with E-state index < -0.39 is 45.1 Å². The number of amides is 1. The first kappa shape index (κ1) is 23.7. The Morgan fingerprint density at radius 1 is 0.900 bits per heavy atom. The Balaban J connectivity index is 2.50. The molecular formula is C18H16F6N2O3S. The third-order valence-corrected chi connectivity index (χ3v) is 5.89. The summed E-state index contributed by atoms with van der Waals surface area (Å²) in [6, 6.07) is 4.20. The van der Waals surface area contributed by atoms with Crippen LogP contribution < -0.4 is 5.32 Å². The highest BCUT2D eigenvalue weighted by Gasteiger charge is 2.37. The molecule has 0 aliphatic rings. The molecule has 2 aromatic rings. The summed E-state index contributed by atoms with van der Waals surface area (Å²) in [4.78, 5) is 12.3. The van der Waals surface area contributed by atoms with Crippen LogP contribution in [0.25, 0.3) is 0 Å². The van der Waals surface area contributed by atoms with Gasteiger partial charge >= 0.3 is 12.4 Å². The van der Waals surface area contributed by atoms with Crippen LogP contribution in [0.15, 0.2) is 41.3 Å². The highest BCUT2D eigenvalue weighted by molar-refractivity contribution is 7.89. The van der Waals surface area contributed by atoms with E-state index in [1.165, 1.54) is 33.2 Å². The molecule has 30 heavy (non-hydrogen) atoms. The zero-order valence-electron chi connectivity index (χ0n) is 15.8. The van der Waals surface area contributed by atoms with E-state index >= 15 is 0 Å². The fourth-order valence-corrected chi connectivity index (χ4v) is 3.37. The number of halogens is 6. The third kappa shape index (κ3) is 5.11. The Bertz CT molecular complexity index is 1040. The molecule has 0 aliphatic carbocycles. The van der Waals surface area contributed by atoms with Crippen molar-refractivity contribution in [3.8, 4) is 0 Å². The Labute approximate surface area is 168 Å². The van der Waals surface area contributed by atoms with Gasteiger partial charge in [-0.05, 0) is 42.8 Å². The van der Waals surface area contributed by atoms with E-state index in [1.807, 2.05) is 5.32 Å². The minimum absolute atomic E-state index is 0.0643. The maximum Gasteiger partial charge on any atom is 0.416 e. The third-order valence-electron chi connectivity index (χ3n) is 4.08. The van der Waals surface area contributed by atoms with Gasteiger partial charge in [-0.15, -0.1) is 0 Å². The minimum atomic E-state index is -5.07. The van der Waals surface area contributed by atoms with Crippen LogP contribution in [-0.4, -0.2) is 32.7 Å². The molecule has 2 rings (SSSR count). The van der Waals surface area contributed by atoms with Crippen molar-refractivity contribution in [2.24, 2.45) is 0 Å². The molecule has 0 fully saturated rings. The van der Waals surface area contributed by atoms with Gasteiger partial charge in [-0.1, -0.05) is 6.07 Å². The molecule has 2 aromatic carbocycles. The molecule has 0 atom stereocenters. The number of nitrogens with zero attached hydrogens (tertiary/aromatic N) is 1. The average Bonchev–Trinajstić information content (AvgIpc) is 2.59. The molecule has 1 N–H and O–H groups in total. The Hall–Kier alpha value is -2.60. The van der Waals surface area contributed by atoms with Gasteiger partial charge in [-0.2, -0.15) is 26.3 Å². The lowest BCUT2D eigenvalue weighted by atomic mass is 10.1. The van der Waals surface area contributed by atoms with E-state index in [-0.39, 0.29) is 22.1 Å². The van der Waals surface area contributed by atoms with E-state index in [0.29, 0.717) is 12.1 Å². The highest BCUT2D eigenvalue weighted by atomic mass is 32.2. The van der Waals surface area contributed by atoms with Crippen LogP contribution in [0.3, 0.4) is 0 Å². The fraction of sp³-hybridized carbons (Fsp3) is 0.278. The van der Waals surface area contributed by atoms with E-state index in [1.54, 1.807) is 0 Å². The standard InChI is InChI=1S/C18H16F6N2O3S/c1-10-4-5-14(30(28,29)26(2)3)9-15(10)16(27)25-13-7-11(17(19,20)21)6-12(8-13)18(22,23)24/h4-9H,1-3H3,(H,25,27). The molecule has 164 valence electrons. The summed E-state index contributed by atoms with van der Waals surface area (Å²) in [6.45, 7) is 1.44. The summed E-state index contributed by atoms with van der Waals surface area (Å²) < 4.78 is 103. The first-order chi connectivity index (χ1) is 13.5. The van der Waals surface area contributed by atoms with Gasteiger partial charge in [0.1, 0.15) is 0 Å². The van der Waals surface area contributed by atoms with Crippen LogP contribution in [0.4, 0.5) is 32.0 Å². The van der Waals surface area contributed by atoms with E-state index in [4.69, 9.17) is 0 Å². The minimum Gasteiger partial charge on any atom is -0.322 e. The quantitative estimate of drug-likeness (QED) is 0.691. The van der Waals surface area contributed by atoms with Crippen LogP contribution in [0.2, 0.25) is 0 Å². The molecule has 0 unspecified atom stereocenters. The van der Waals surface area contributed by atoms with Crippen LogP contribution in [0.1, 0.15) is 27.0 Å². The molecule has 0 aliphatic heterocycles. The van der Waals surface area contributed by atoms with E-state index in [2.05, 4.69) is 0 Å². The van der Waals surface area contributed by atoms with Crippen LogP contribution in [0, 0.1) is 6.92 Å². The second kappa shape index (κ2) is 7.91. The topological polar surface area (TPSA) is 66.5 Å². The zero-order valence-corrected chi connectivity index (χ0v) is 16.6. The second-order valence-corrected chi connectivity index (χ2v) is 8.66. The van der Waals surface area contributed by atoms with Crippen molar-refractivity contribution in [3.05, 3.63) is 58.7 Å². The Kier molecular flexibility index (Phi) is 6.24. The number of hydrogen-bond donors (Lipinski definition) is 1. The number of carbonyl (C=O) groups is 1. The first-order valence-electron chi connectivity index (χ1n) is 8.17. The predicted octanol–water partition coefficient (Wildman–Crippen LogP) is 4.54. The summed E-state index contributed by atoms with van der Waals surface area (Å²) in [5, 5.41) is 1.98. The van der Waals surface area contributed by atoms with Crippen molar-refractivity contribution in [2.45, 2.75) is 24.2 Å². The van der Waals surface area contributed by atoms with Crippen molar-refractivity contribution in [2.75, 3.05) is 19.4 Å². The van der Waals surface area contributed by atoms with Crippen LogP contribution in [-0.2, 0) is 22.4 Å². The first-order valence-corrected chi connectivity index (χ1v) is 9.61. The summed E-state index contributed by atoms with van der Waals surface area (Å²) in [7, 11) is -1.40. The summed E-state index contributed by atoms with van der Waals surface area (Å²) in [5.41, 5.74) is -3.86. The Morgan fingerprint density at radius 2 is 1.40 bits per heavy atom. The number of aryl methyl sites for hydroxylation is 1. The van der Waals surface area contributed by atoms with E-state index in [0.717, 1.165) is 10.4 Å². The number of sulfonamides is 1. The molecule has 0 saturated heterocycles. The lowest BCUT2D eigenvalue weighted by Crippen LogP contribution is -2.23. The maximum atomic E-state index is 13.0. The summed E-state index contributed by atoms with van der Waals surface area (Å²) in [5.74, 6) is -1.06. The van der Waals surface area contributed by atoms with E-state index in [9.17, 15) is 39.6 Å². The van der Waals surface area contributed by atoms with Gasteiger partial charge in [-0.3, -0.25) is 4.79 Å². The van der Waals surface area contributed by atoms with Gasteiger partial charge < -0.3 is 5.32 Å². The fourth-order valence-electron chi connectivity index (χ4n) is 2.44. The molecule has 1 amide bonds. The lowest BCUT2D eigenvalue weighted by Gasteiger charge is -2.16. The number of nitrogens with one attached hydrogen (secondary N) is 1. The van der Waals surface area contributed by atoms with Crippen LogP contribution in [0.5, 0.6) is 0 Å². The van der Waals surface area contributed by atoms with Gasteiger partial charge in [0.2, 0.25) is 10.0 Å². The van der Waals surface area contributed by atoms with Gasteiger partial charge in [-0.25, -0.2) is 12.7 Å². The number of anilines is 1. The molecule has 0 bridgehead atoms. The maximum absolute atomic E-state index is 13.0. The van der Waals surface area contributed by atoms with Crippen molar-refractivity contribution >= 4 is 21.6 Å². The largest absolute Gasteiger partial charge is 0.416 e. The highest BCUT2D eigenvalue weighted by Crippen LogP contribution is 2.37. The SMILES string of the molecule is Cc1ccc(S(=O)(=O)N(C)C)cc1C(=O)Nc1cc(C(F)(F)F)cc(C(F)(F)F)c1. The molecule has 0 spiro atoms. The van der Waals surface area contributed by atoms with Crippen molar-refractivity contribution < 1.29 is 39.6 Å². The van der Waals surface area contributed by atoms with Gasteiger partial charge in [0.25, 0.3) is 5.91 Å². The second-order valence-electron chi connectivity index (χ2n) is 6.51. The normalized spacial score (nSPS) is 12.9. The van der Waals surface area contributed by atoms with Crippen molar-refractivity contribution in [1.82, 2.24) is 4.31 Å². The predicted molar refractivity (Wildman–Crippen MR) is 96.5 cm³/mol. The number of rotatable bonds is 4. The molecule has 0 saturated carbocycles. The smallest absolute Gasteiger partial charge is 0.322 e. The molecule has 0 heterocycles. The summed E-state index contributed by atoms with van der Waals surface area (Å²) in [6.07, 6.45) is -10.1. The number of benzene rings is 2. The number of carbonyl (C=O) groups excluding carboxylic acids is 1. The molecule has 5 nitrogen and oxygen atoms in total. The molecular weight excluding hydrogens is 438 g/mol. The zero-order chi connectivity index (χ0) is 23.1. The average molecular weight is 454 g/mol.